The van der Waals surface area contributed by atoms with E-state index in [9.17, 15) is 9.90 Å². The molecule has 1 aliphatic rings. The van der Waals surface area contributed by atoms with Gasteiger partial charge in [-0.1, -0.05) is 17.7 Å². The molecule has 0 spiro atoms. The molecule has 0 fully saturated rings. The molecular formula is C18H21NO2. The monoisotopic (exact) mass is 283 g/mol. The summed E-state index contributed by atoms with van der Waals surface area (Å²) < 4.78 is 2.17. The van der Waals surface area contributed by atoms with Gasteiger partial charge in [-0.05, 0) is 63.6 Å². The van der Waals surface area contributed by atoms with E-state index in [-0.39, 0.29) is 0 Å². The number of aryl methyl sites for hydroxylation is 2. The lowest BCUT2D eigenvalue weighted by atomic mass is 9.94. The van der Waals surface area contributed by atoms with Crippen molar-refractivity contribution in [2.75, 3.05) is 0 Å². The van der Waals surface area contributed by atoms with Crippen molar-refractivity contribution in [2.24, 2.45) is 0 Å². The van der Waals surface area contributed by atoms with E-state index >= 15 is 0 Å². The summed E-state index contributed by atoms with van der Waals surface area (Å²) in [6.45, 7) is 6.11. The number of nitrogens with zero attached hydrogens (tertiary/aromatic N) is 1. The fraction of sp³-hybridized carbons (Fsp3) is 0.389. The minimum absolute atomic E-state index is 0.518. The first kappa shape index (κ1) is 13.9. The molecule has 110 valence electrons. The molecule has 2 aromatic rings. The molecule has 1 aromatic heterocycles. The fourth-order valence-electron chi connectivity index (χ4n) is 3.60. The van der Waals surface area contributed by atoms with Crippen molar-refractivity contribution in [3.05, 3.63) is 51.8 Å². The quantitative estimate of drug-likeness (QED) is 0.905. The van der Waals surface area contributed by atoms with E-state index in [4.69, 9.17) is 0 Å². The number of benzene rings is 1. The van der Waals surface area contributed by atoms with Crippen LogP contribution in [0.1, 0.15) is 51.3 Å². The smallest absolute Gasteiger partial charge is 0.337 e. The highest BCUT2D eigenvalue weighted by atomic mass is 16.4. The SMILES string of the molecule is Cc1ccc(-n2c(C)c(C(=O)O)c3c2CCCC3)c(C)c1. The number of carboxylic acids is 1. The van der Waals surface area contributed by atoms with Crippen LogP contribution in [0.5, 0.6) is 0 Å². The Balaban J connectivity index is 2.30. The Morgan fingerprint density at radius 2 is 1.86 bits per heavy atom. The van der Waals surface area contributed by atoms with E-state index in [2.05, 4.69) is 36.6 Å². The van der Waals surface area contributed by atoms with Gasteiger partial charge in [0.2, 0.25) is 0 Å². The Hall–Kier alpha value is -2.03. The number of fused-ring (bicyclic) bond motifs is 1. The summed E-state index contributed by atoms with van der Waals surface area (Å²) in [7, 11) is 0. The summed E-state index contributed by atoms with van der Waals surface area (Å²) in [6.07, 6.45) is 4.08. The van der Waals surface area contributed by atoms with Gasteiger partial charge in [-0.3, -0.25) is 0 Å². The second-order valence-corrected chi connectivity index (χ2v) is 6.02. The van der Waals surface area contributed by atoms with Crippen LogP contribution in [0.25, 0.3) is 5.69 Å². The number of carboxylic acid groups (broad SMARTS) is 1. The molecule has 0 radical (unpaired) electrons. The van der Waals surface area contributed by atoms with Crippen LogP contribution in [0.4, 0.5) is 0 Å². The number of aromatic nitrogens is 1. The summed E-state index contributed by atoms with van der Waals surface area (Å²) in [5.74, 6) is -0.797. The van der Waals surface area contributed by atoms with Crippen molar-refractivity contribution in [1.29, 1.82) is 0 Å². The Morgan fingerprint density at radius 1 is 1.14 bits per heavy atom. The van der Waals surface area contributed by atoms with Crippen LogP contribution >= 0.6 is 0 Å². The third-order valence-corrected chi connectivity index (χ3v) is 4.51. The Kier molecular flexibility index (Phi) is 3.36. The van der Waals surface area contributed by atoms with E-state index < -0.39 is 5.97 Å². The van der Waals surface area contributed by atoms with Crippen LogP contribution in [0, 0.1) is 20.8 Å². The highest BCUT2D eigenvalue weighted by Gasteiger charge is 2.27. The molecule has 0 saturated carbocycles. The van der Waals surface area contributed by atoms with Crippen molar-refractivity contribution >= 4 is 5.97 Å². The van der Waals surface area contributed by atoms with E-state index in [1.54, 1.807) is 0 Å². The zero-order valence-corrected chi connectivity index (χ0v) is 12.9. The van der Waals surface area contributed by atoms with Gasteiger partial charge in [-0.15, -0.1) is 0 Å². The van der Waals surface area contributed by atoms with Crippen molar-refractivity contribution in [1.82, 2.24) is 4.57 Å². The van der Waals surface area contributed by atoms with Gasteiger partial charge < -0.3 is 9.67 Å². The molecule has 3 rings (SSSR count). The first-order valence-corrected chi connectivity index (χ1v) is 7.54. The topological polar surface area (TPSA) is 42.2 Å². The summed E-state index contributed by atoms with van der Waals surface area (Å²) in [5, 5.41) is 9.58. The molecular weight excluding hydrogens is 262 g/mol. The van der Waals surface area contributed by atoms with Gasteiger partial charge in [0.05, 0.1) is 5.56 Å². The largest absolute Gasteiger partial charge is 0.478 e. The van der Waals surface area contributed by atoms with Gasteiger partial charge in [0, 0.05) is 17.1 Å². The molecule has 0 atom stereocenters. The second-order valence-electron chi connectivity index (χ2n) is 6.02. The molecule has 0 bridgehead atoms. The molecule has 0 unspecified atom stereocenters. The molecule has 1 heterocycles. The Morgan fingerprint density at radius 3 is 2.52 bits per heavy atom. The van der Waals surface area contributed by atoms with Crippen LogP contribution in [0.15, 0.2) is 18.2 Å². The highest BCUT2D eigenvalue weighted by Crippen LogP contribution is 2.33. The fourth-order valence-corrected chi connectivity index (χ4v) is 3.60. The van der Waals surface area contributed by atoms with Crippen molar-refractivity contribution < 1.29 is 9.90 Å². The molecule has 0 aliphatic heterocycles. The maximum atomic E-state index is 11.7. The molecule has 0 amide bonds. The first-order chi connectivity index (χ1) is 10.0. The minimum Gasteiger partial charge on any atom is -0.478 e. The standard InChI is InChI=1S/C18H21NO2/c1-11-8-9-15(12(2)10-11)19-13(3)17(18(20)21)14-6-4-5-7-16(14)19/h8-10H,4-7H2,1-3H3,(H,20,21). The third kappa shape index (κ3) is 2.17. The predicted octanol–water partition coefficient (Wildman–Crippen LogP) is 3.98. The number of aromatic carboxylic acids is 1. The number of rotatable bonds is 2. The summed E-state index contributed by atoms with van der Waals surface area (Å²) in [6, 6.07) is 6.36. The van der Waals surface area contributed by atoms with Crippen LogP contribution < -0.4 is 0 Å². The van der Waals surface area contributed by atoms with E-state index in [0.29, 0.717) is 5.56 Å². The first-order valence-electron chi connectivity index (χ1n) is 7.54. The summed E-state index contributed by atoms with van der Waals surface area (Å²) in [4.78, 5) is 11.7. The highest BCUT2D eigenvalue weighted by molar-refractivity contribution is 5.92. The van der Waals surface area contributed by atoms with E-state index in [1.807, 2.05) is 6.92 Å². The predicted molar refractivity (Wildman–Crippen MR) is 83.6 cm³/mol. The van der Waals surface area contributed by atoms with Crippen LogP contribution in [-0.2, 0) is 12.8 Å². The number of carbonyl (C=O) groups is 1. The molecule has 1 N–H and O–H groups in total. The van der Waals surface area contributed by atoms with E-state index in [0.717, 1.165) is 42.6 Å². The average molecular weight is 283 g/mol. The van der Waals surface area contributed by atoms with Gasteiger partial charge in [-0.25, -0.2) is 4.79 Å². The maximum Gasteiger partial charge on any atom is 0.337 e. The molecule has 3 nitrogen and oxygen atoms in total. The van der Waals surface area contributed by atoms with Crippen LogP contribution in [0.2, 0.25) is 0 Å². The molecule has 1 aromatic carbocycles. The van der Waals surface area contributed by atoms with Crippen molar-refractivity contribution in [3.8, 4) is 5.69 Å². The van der Waals surface area contributed by atoms with E-state index in [1.165, 1.54) is 16.8 Å². The lowest BCUT2D eigenvalue weighted by Gasteiger charge is -2.18. The maximum absolute atomic E-state index is 11.7. The summed E-state index contributed by atoms with van der Waals surface area (Å²) >= 11 is 0. The average Bonchev–Trinajstić information content (AvgIpc) is 2.71. The Bertz CT molecular complexity index is 725. The molecule has 3 heteroatoms. The van der Waals surface area contributed by atoms with Gasteiger partial charge >= 0.3 is 5.97 Å². The lowest BCUT2D eigenvalue weighted by Crippen LogP contribution is -2.09. The second kappa shape index (κ2) is 5.06. The Labute approximate surface area is 125 Å². The van der Waals surface area contributed by atoms with Gasteiger partial charge in [-0.2, -0.15) is 0 Å². The van der Waals surface area contributed by atoms with Gasteiger partial charge in [0.25, 0.3) is 0 Å². The van der Waals surface area contributed by atoms with Crippen LogP contribution in [-0.4, -0.2) is 15.6 Å². The number of hydrogen-bond acceptors (Lipinski definition) is 1. The van der Waals surface area contributed by atoms with Crippen LogP contribution in [0.3, 0.4) is 0 Å². The summed E-state index contributed by atoms with van der Waals surface area (Å²) in [5.41, 5.74) is 7.16. The third-order valence-electron chi connectivity index (χ3n) is 4.51. The zero-order valence-electron chi connectivity index (χ0n) is 12.9. The van der Waals surface area contributed by atoms with Crippen molar-refractivity contribution in [2.45, 2.75) is 46.5 Å². The van der Waals surface area contributed by atoms with Gasteiger partial charge in [0.1, 0.15) is 0 Å². The lowest BCUT2D eigenvalue weighted by molar-refractivity contribution is 0.0695. The minimum atomic E-state index is -0.797. The van der Waals surface area contributed by atoms with Gasteiger partial charge in [0.15, 0.2) is 0 Å². The zero-order chi connectivity index (χ0) is 15.1. The number of hydrogen-bond donors (Lipinski definition) is 1. The molecule has 0 saturated heterocycles. The van der Waals surface area contributed by atoms with Crippen molar-refractivity contribution in [3.63, 3.8) is 0 Å². The molecule has 1 aliphatic carbocycles. The normalized spacial score (nSPS) is 14.0. The molecule has 21 heavy (non-hydrogen) atoms.